The van der Waals surface area contributed by atoms with E-state index in [1.165, 1.54) is 0 Å². The zero-order chi connectivity index (χ0) is 15.4. The van der Waals surface area contributed by atoms with E-state index in [0.29, 0.717) is 26.4 Å². The Morgan fingerprint density at radius 1 is 1.05 bits per heavy atom. The largest absolute Gasteiger partial charge is 0.460 e. The van der Waals surface area contributed by atoms with Gasteiger partial charge < -0.3 is 19.5 Å². The van der Waals surface area contributed by atoms with Crippen LogP contribution in [0.4, 0.5) is 0 Å². The van der Waals surface area contributed by atoms with Crippen molar-refractivity contribution in [1.29, 1.82) is 0 Å². The highest BCUT2D eigenvalue weighted by Gasteiger charge is 2.16. The Hall–Kier alpha value is -1.14. The lowest BCUT2D eigenvalue weighted by Crippen LogP contribution is -2.28. The van der Waals surface area contributed by atoms with Crippen LogP contribution in [-0.4, -0.2) is 51.0 Å². The minimum Gasteiger partial charge on any atom is -0.460 e. The average Bonchev–Trinajstić information content (AvgIpc) is 2.33. The number of rotatable bonds is 10. The molecule has 1 amide bonds. The van der Waals surface area contributed by atoms with Gasteiger partial charge in [-0.05, 0) is 27.2 Å². The molecule has 0 spiro atoms. The lowest BCUT2D eigenvalue weighted by molar-refractivity contribution is -0.155. The summed E-state index contributed by atoms with van der Waals surface area (Å²) < 4.78 is 15.2. The number of hydrogen-bond donors (Lipinski definition) is 1. The van der Waals surface area contributed by atoms with Gasteiger partial charge in [0.2, 0.25) is 5.91 Å². The second kappa shape index (κ2) is 10.6. The van der Waals surface area contributed by atoms with Crippen LogP contribution in [0.3, 0.4) is 0 Å². The van der Waals surface area contributed by atoms with Crippen LogP contribution in [0.15, 0.2) is 0 Å². The summed E-state index contributed by atoms with van der Waals surface area (Å²) in [7, 11) is 1.62. The number of carbonyl (C=O) groups is 2. The SMILES string of the molecule is COCCOCCCNC(=O)CCC(=O)OC(C)(C)C. The van der Waals surface area contributed by atoms with Crippen LogP contribution >= 0.6 is 0 Å². The fourth-order valence-electron chi connectivity index (χ4n) is 1.34. The van der Waals surface area contributed by atoms with Gasteiger partial charge in [-0.3, -0.25) is 9.59 Å². The lowest BCUT2D eigenvalue weighted by atomic mass is 10.2. The van der Waals surface area contributed by atoms with Crippen molar-refractivity contribution in [2.75, 3.05) is 33.5 Å². The fourth-order valence-corrected chi connectivity index (χ4v) is 1.34. The van der Waals surface area contributed by atoms with E-state index in [-0.39, 0.29) is 24.7 Å². The molecular formula is C14H27NO5. The maximum atomic E-state index is 11.5. The first-order valence-electron chi connectivity index (χ1n) is 6.90. The quantitative estimate of drug-likeness (QED) is 0.484. The number of amides is 1. The van der Waals surface area contributed by atoms with E-state index in [1.807, 2.05) is 0 Å². The van der Waals surface area contributed by atoms with Crippen LogP contribution < -0.4 is 5.32 Å². The summed E-state index contributed by atoms with van der Waals surface area (Å²) in [5.41, 5.74) is -0.507. The van der Waals surface area contributed by atoms with Gasteiger partial charge >= 0.3 is 5.97 Å². The van der Waals surface area contributed by atoms with Crippen molar-refractivity contribution < 1.29 is 23.8 Å². The van der Waals surface area contributed by atoms with E-state index >= 15 is 0 Å². The molecule has 20 heavy (non-hydrogen) atoms. The van der Waals surface area contributed by atoms with Gasteiger partial charge in [-0.25, -0.2) is 0 Å². The van der Waals surface area contributed by atoms with Gasteiger partial charge in [-0.1, -0.05) is 0 Å². The molecule has 0 heterocycles. The number of hydrogen-bond acceptors (Lipinski definition) is 5. The molecule has 0 aromatic carbocycles. The van der Waals surface area contributed by atoms with Gasteiger partial charge in [0.1, 0.15) is 5.60 Å². The highest BCUT2D eigenvalue weighted by Crippen LogP contribution is 2.08. The molecule has 0 aromatic heterocycles. The fraction of sp³-hybridized carbons (Fsp3) is 0.857. The predicted octanol–water partition coefficient (Wildman–Crippen LogP) is 1.28. The summed E-state index contributed by atoms with van der Waals surface area (Å²) in [6.07, 6.45) is 0.995. The second-order valence-electron chi connectivity index (χ2n) is 5.40. The third-order valence-corrected chi connectivity index (χ3v) is 2.20. The van der Waals surface area contributed by atoms with E-state index in [0.717, 1.165) is 6.42 Å². The molecule has 0 unspecified atom stereocenters. The average molecular weight is 289 g/mol. The van der Waals surface area contributed by atoms with Crippen molar-refractivity contribution in [3.63, 3.8) is 0 Å². The molecule has 6 nitrogen and oxygen atoms in total. The van der Waals surface area contributed by atoms with Crippen molar-refractivity contribution in [3.05, 3.63) is 0 Å². The van der Waals surface area contributed by atoms with E-state index in [1.54, 1.807) is 27.9 Å². The Kier molecular flexibility index (Phi) is 10.0. The van der Waals surface area contributed by atoms with E-state index in [9.17, 15) is 9.59 Å². The van der Waals surface area contributed by atoms with Gasteiger partial charge in [0.15, 0.2) is 0 Å². The minimum atomic E-state index is -0.507. The minimum absolute atomic E-state index is 0.105. The summed E-state index contributed by atoms with van der Waals surface area (Å²) in [4.78, 5) is 22.9. The molecule has 0 rings (SSSR count). The monoisotopic (exact) mass is 289 g/mol. The zero-order valence-electron chi connectivity index (χ0n) is 13.0. The Labute approximate surface area is 121 Å². The zero-order valence-corrected chi connectivity index (χ0v) is 13.0. The summed E-state index contributed by atoms with van der Waals surface area (Å²) in [5, 5.41) is 2.73. The highest BCUT2D eigenvalue weighted by atomic mass is 16.6. The molecule has 0 bridgehead atoms. The smallest absolute Gasteiger partial charge is 0.306 e. The van der Waals surface area contributed by atoms with Crippen molar-refractivity contribution in [2.24, 2.45) is 0 Å². The molecule has 118 valence electrons. The van der Waals surface area contributed by atoms with Gasteiger partial charge in [-0.15, -0.1) is 0 Å². The van der Waals surface area contributed by atoms with Gasteiger partial charge in [0, 0.05) is 26.7 Å². The number of methoxy groups -OCH3 is 1. The normalized spacial score (nSPS) is 11.2. The highest BCUT2D eigenvalue weighted by molar-refractivity contribution is 5.81. The third kappa shape index (κ3) is 13.3. The van der Waals surface area contributed by atoms with Crippen molar-refractivity contribution in [3.8, 4) is 0 Å². The van der Waals surface area contributed by atoms with Crippen LogP contribution in [0, 0.1) is 0 Å². The van der Waals surface area contributed by atoms with Gasteiger partial charge in [0.05, 0.1) is 19.6 Å². The first-order valence-corrected chi connectivity index (χ1v) is 6.90. The standard InChI is InChI=1S/C14H27NO5/c1-14(2,3)20-13(17)7-6-12(16)15-8-5-9-19-11-10-18-4/h5-11H2,1-4H3,(H,15,16). The number of carbonyl (C=O) groups excluding carboxylic acids is 2. The molecule has 0 saturated heterocycles. The van der Waals surface area contributed by atoms with Crippen molar-refractivity contribution in [1.82, 2.24) is 5.32 Å². The topological polar surface area (TPSA) is 73.9 Å². The van der Waals surface area contributed by atoms with Crippen LogP contribution in [-0.2, 0) is 23.8 Å². The third-order valence-electron chi connectivity index (χ3n) is 2.20. The van der Waals surface area contributed by atoms with Crippen molar-refractivity contribution >= 4 is 11.9 Å². The number of esters is 1. The van der Waals surface area contributed by atoms with Crippen LogP contribution in [0.25, 0.3) is 0 Å². The van der Waals surface area contributed by atoms with Crippen LogP contribution in [0.2, 0.25) is 0 Å². The van der Waals surface area contributed by atoms with E-state index in [4.69, 9.17) is 14.2 Å². The van der Waals surface area contributed by atoms with Crippen LogP contribution in [0.1, 0.15) is 40.0 Å². The van der Waals surface area contributed by atoms with Crippen molar-refractivity contribution in [2.45, 2.75) is 45.6 Å². The predicted molar refractivity (Wildman–Crippen MR) is 75.4 cm³/mol. The Bertz CT molecular complexity index is 286. The van der Waals surface area contributed by atoms with E-state index < -0.39 is 5.60 Å². The molecule has 0 fully saturated rings. The maximum absolute atomic E-state index is 11.5. The Morgan fingerprint density at radius 2 is 1.75 bits per heavy atom. The summed E-state index contributed by atoms with van der Waals surface area (Å²) in [6.45, 7) is 7.65. The number of ether oxygens (including phenoxy) is 3. The first-order chi connectivity index (χ1) is 9.35. The molecule has 0 radical (unpaired) electrons. The lowest BCUT2D eigenvalue weighted by Gasteiger charge is -2.19. The molecule has 6 heteroatoms. The maximum Gasteiger partial charge on any atom is 0.306 e. The second-order valence-corrected chi connectivity index (χ2v) is 5.40. The molecule has 0 aromatic rings. The van der Waals surface area contributed by atoms with E-state index in [2.05, 4.69) is 5.32 Å². The van der Waals surface area contributed by atoms with Gasteiger partial charge in [-0.2, -0.15) is 0 Å². The Morgan fingerprint density at radius 3 is 2.35 bits per heavy atom. The van der Waals surface area contributed by atoms with Crippen LogP contribution in [0.5, 0.6) is 0 Å². The molecule has 0 saturated carbocycles. The molecule has 0 aliphatic heterocycles. The van der Waals surface area contributed by atoms with Gasteiger partial charge in [0.25, 0.3) is 0 Å². The molecule has 1 N–H and O–H groups in total. The molecular weight excluding hydrogens is 262 g/mol. The summed E-state index contributed by atoms with van der Waals surface area (Å²) in [5.74, 6) is -0.497. The first kappa shape index (κ1) is 18.9. The summed E-state index contributed by atoms with van der Waals surface area (Å²) in [6, 6.07) is 0. The summed E-state index contributed by atoms with van der Waals surface area (Å²) >= 11 is 0. The molecule has 0 aliphatic carbocycles. The number of nitrogens with one attached hydrogen (secondary N) is 1. The Balaban J connectivity index is 3.48. The molecule has 0 atom stereocenters. The molecule has 0 aliphatic rings.